The quantitative estimate of drug-likeness (QED) is 0.624. The number of nitrogens with one attached hydrogen (secondary N) is 1. The summed E-state index contributed by atoms with van der Waals surface area (Å²) in [5, 5.41) is 4.81. The summed E-state index contributed by atoms with van der Waals surface area (Å²) in [5.74, 6) is -0.868. The number of nitrogens with zero attached hydrogens (tertiary/aromatic N) is 3. The molecule has 0 aliphatic heterocycles. The third-order valence-electron chi connectivity index (χ3n) is 2.22. The van der Waals surface area contributed by atoms with Crippen LogP contribution >= 0.6 is 0 Å². The topological polar surface area (TPSA) is 133 Å². The SMILES string of the molecule is Cn1c(=O)n(CS(N)(=O)=O)c(=O)c2[nH]cnc21. The van der Waals surface area contributed by atoms with E-state index in [0.29, 0.717) is 4.57 Å². The van der Waals surface area contributed by atoms with Gasteiger partial charge in [-0.3, -0.25) is 9.36 Å². The van der Waals surface area contributed by atoms with E-state index in [0.717, 1.165) is 4.57 Å². The van der Waals surface area contributed by atoms with E-state index in [1.165, 1.54) is 13.4 Å². The molecule has 0 aliphatic carbocycles. The lowest BCUT2D eigenvalue weighted by atomic mass is 10.5. The van der Waals surface area contributed by atoms with Crippen molar-refractivity contribution in [2.75, 3.05) is 0 Å². The molecule has 9 nitrogen and oxygen atoms in total. The Kier molecular flexibility index (Phi) is 2.40. The molecule has 2 heterocycles. The highest BCUT2D eigenvalue weighted by atomic mass is 32.2. The maximum atomic E-state index is 11.8. The second-order valence-corrected chi connectivity index (χ2v) is 5.05. The minimum Gasteiger partial charge on any atom is -0.339 e. The number of rotatable bonds is 2. The fourth-order valence-electron chi connectivity index (χ4n) is 1.49. The Bertz CT molecular complexity index is 796. The van der Waals surface area contributed by atoms with Crippen LogP contribution in [0.5, 0.6) is 0 Å². The normalized spacial score (nSPS) is 12.1. The second-order valence-electron chi connectivity index (χ2n) is 3.47. The van der Waals surface area contributed by atoms with Gasteiger partial charge in [0.1, 0.15) is 11.4 Å². The molecule has 0 atom stereocenters. The van der Waals surface area contributed by atoms with Crippen LogP contribution in [0.3, 0.4) is 0 Å². The van der Waals surface area contributed by atoms with Gasteiger partial charge in [-0.25, -0.2) is 27.9 Å². The van der Waals surface area contributed by atoms with Gasteiger partial charge < -0.3 is 4.98 Å². The molecule has 17 heavy (non-hydrogen) atoms. The molecule has 3 N–H and O–H groups in total. The molecule has 0 amide bonds. The van der Waals surface area contributed by atoms with Crippen LogP contribution in [0.15, 0.2) is 15.9 Å². The summed E-state index contributed by atoms with van der Waals surface area (Å²) in [6, 6.07) is 0. The fourth-order valence-corrected chi connectivity index (χ4v) is 2.07. The van der Waals surface area contributed by atoms with Gasteiger partial charge in [0, 0.05) is 7.05 Å². The third-order valence-corrected chi connectivity index (χ3v) is 2.84. The van der Waals surface area contributed by atoms with E-state index in [2.05, 4.69) is 9.97 Å². The molecule has 2 aromatic rings. The van der Waals surface area contributed by atoms with Gasteiger partial charge in [0.15, 0.2) is 5.65 Å². The van der Waals surface area contributed by atoms with Crippen LogP contribution in [0.1, 0.15) is 0 Å². The zero-order chi connectivity index (χ0) is 12.8. The van der Waals surface area contributed by atoms with Crippen LogP contribution in [0.4, 0.5) is 0 Å². The van der Waals surface area contributed by atoms with Gasteiger partial charge in [-0.2, -0.15) is 0 Å². The van der Waals surface area contributed by atoms with Crippen LogP contribution < -0.4 is 16.4 Å². The number of nitrogens with two attached hydrogens (primary N) is 1. The van der Waals surface area contributed by atoms with Crippen molar-refractivity contribution in [1.29, 1.82) is 0 Å². The summed E-state index contributed by atoms with van der Waals surface area (Å²) in [5.41, 5.74) is -1.35. The van der Waals surface area contributed by atoms with Crippen molar-refractivity contribution in [3.05, 3.63) is 27.2 Å². The van der Waals surface area contributed by atoms with Gasteiger partial charge in [-0.1, -0.05) is 0 Å². The first kappa shape index (κ1) is 11.5. The zero-order valence-electron chi connectivity index (χ0n) is 8.74. The van der Waals surface area contributed by atoms with Gasteiger partial charge in [0.2, 0.25) is 10.0 Å². The van der Waals surface area contributed by atoms with Crippen LogP contribution in [0.25, 0.3) is 11.2 Å². The van der Waals surface area contributed by atoms with E-state index in [-0.39, 0.29) is 11.2 Å². The number of fused-ring (bicyclic) bond motifs is 1. The van der Waals surface area contributed by atoms with Crippen molar-refractivity contribution in [2.24, 2.45) is 12.2 Å². The Morgan fingerprint density at radius 2 is 2.12 bits per heavy atom. The molecule has 0 bridgehead atoms. The van der Waals surface area contributed by atoms with Gasteiger partial charge in [-0.05, 0) is 0 Å². The van der Waals surface area contributed by atoms with E-state index < -0.39 is 27.1 Å². The minimum atomic E-state index is -3.98. The Morgan fingerprint density at radius 3 is 2.71 bits per heavy atom. The average molecular weight is 259 g/mol. The molecular formula is C7H9N5O4S. The van der Waals surface area contributed by atoms with Crippen molar-refractivity contribution in [1.82, 2.24) is 19.1 Å². The number of hydrogen-bond acceptors (Lipinski definition) is 5. The molecule has 2 rings (SSSR count). The number of H-pyrrole nitrogens is 1. The monoisotopic (exact) mass is 259 g/mol. The van der Waals surface area contributed by atoms with Crippen molar-refractivity contribution in [3.63, 3.8) is 0 Å². The molecule has 0 saturated heterocycles. The van der Waals surface area contributed by atoms with Gasteiger partial charge in [0.05, 0.1) is 6.33 Å². The van der Waals surface area contributed by atoms with E-state index in [1.54, 1.807) is 0 Å². The first-order chi connectivity index (χ1) is 7.81. The van der Waals surface area contributed by atoms with Crippen molar-refractivity contribution >= 4 is 21.2 Å². The predicted octanol–water partition coefficient (Wildman–Crippen LogP) is -2.33. The summed E-state index contributed by atoms with van der Waals surface area (Å²) < 4.78 is 23.5. The number of aromatic nitrogens is 4. The molecule has 0 aromatic carbocycles. The molecule has 0 unspecified atom stereocenters. The van der Waals surface area contributed by atoms with Crippen molar-refractivity contribution in [2.45, 2.75) is 5.88 Å². The zero-order valence-corrected chi connectivity index (χ0v) is 9.56. The lowest BCUT2D eigenvalue weighted by Gasteiger charge is -2.05. The molecule has 10 heteroatoms. The van der Waals surface area contributed by atoms with Gasteiger partial charge in [0.25, 0.3) is 5.56 Å². The summed E-state index contributed by atoms with van der Waals surface area (Å²) in [7, 11) is -2.60. The highest BCUT2D eigenvalue weighted by Crippen LogP contribution is 1.98. The van der Waals surface area contributed by atoms with Crippen LogP contribution in [0.2, 0.25) is 0 Å². The number of sulfonamides is 1. The fraction of sp³-hybridized carbons (Fsp3) is 0.286. The Balaban J connectivity index is 2.89. The van der Waals surface area contributed by atoms with E-state index in [1.807, 2.05) is 0 Å². The number of imidazole rings is 1. The van der Waals surface area contributed by atoms with Crippen molar-refractivity contribution in [3.8, 4) is 0 Å². The summed E-state index contributed by atoms with van der Waals surface area (Å²) in [6.45, 7) is 0. The molecule has 0 aliphatic rings. The first-order valence-corrected chi connectivity index (χ1v) is 6.16. The Labute approximate surface area is 94.6 Å². The Morgan fingerprint density at radius 1 is 1.47 bits per heavy atom. The minimum absolute atomic E-state index is 0.0516. The molecule has 0 radical (unpaired) electrons. The number of aromatic amines is 1. The average Bonchev–Trinajstić information content (AvgIpc) is 2.69. The highest BCUT2D eigenvalue weighted by molar-refractivity contribution is 7.88. The van der Waals surface area contributed by atoms with Crippen LogP contribution in [-0.4, -0.2) is 27.5 Å². The molecule has 0 saturated carbocycles. The smallest absolute Gasteiger partial charge is 0.333 e. The lowest BCUT2D eigenvalue weighted by molar-refractivity contribution is 0.576. The second kappa shape index (κ2) is 3.53. The number of hydrogen-bond donors (Lipinski definition) is 2. The molecule has 2 aromatic heterocycles. The Hall–Kier alpha value is -1.94. The van der Waals surface area contributed by atoms with E-state index in [9.17, 15) is 18.0 Å². The van der Waals surface area contributed by atoms with Gasteiger partial charge >= 0.3 is 5.69 Å². The summed E-state index contributed by atoms with van der Waals surface area (Å²) in [6.07, 6.45) is 1.24. The third kappa shape index (κ3) is 1.87. The summed E-state index contributed by atoms with van der Waals surface area (Å²) in [4.78, 5) is 29.9. The van der Waals surface area contributed by atoms with Crippen LogP contribution in [0, 0.1) is 0 Å². The number of primary sulfonamides is 1. The number of aryl methyl sites for hydroxylation is 1. The molecular weight excluding hydrogens is 250 g/mol. The molecule has 0 fully saturated rings. The summed E-state index contributed by atoms with van der Waals surface area (Å²) >= 11 is 0. The van der Waals surface area contributed by atoms with Crippen molar-refractivity contribution < 1.29 is 8.42 Å². The van der Waals surface area contributed by atoms with Gasteiger partial charge in [-0.15, -0.1) is 0 Å². The molecule has 92 valence electrons. The lowest BCUT2D eigenvalue weighted by Crippen LogP contribution is -2.42. The maximum absolute atomic E-state index is 11.8. The maximum Gasteiger partial charge on any atom is 0.333 e. The largest absolute Gasteiger partial charge is 0.339 e. The van der Waals surface area contributed by atoms with E-state index in [4.69, 9.17) is 5.14 Å². The molecule has 0 spiro atoms. The predicted molar refractivity (Wildman–Crippen MR) is 58.7 cm³/mol. The highest BCUT2D eigenvalue weighted by Gasteiger charge is 2.16. The van der Waals surface area contributed by atoms with E-state index >= 15 is 0 Å². The van der Waals surface area contributed by atoms with Crippen LogP contribution in [-0.2, 0) is 22.9 Å². The first-order valence-electron chi connectivity index (χ1n) is 4.44. The standard InChI is InChI=1S/C7H9N5O4S/c1-11-5-4(9-2-10-5)6(13)12(7(11)14)3-17(8,15)16/h2H,3H2,1H3,(H,9,10)(H2,8,15,16).